The molecule has 16 heavy (non-hydrogen) atoms. The van der Waals surface area contributed by atoms with Gasteiger partial charge in [-0.3, -0.25) is 0 Å². The molecule has 0 radical (unpaired) electrons. The molecule has 2 rings (SSSR count). The Kier molecular flexibility index (Phi) is 2.46. The maximum absolute atomic E-state index is 12.5. The van der Waals surface area contributed by atoms with Gasteiger partial charge in [-0.05, 0) is 12.1 Å². The van der Waals surface area contributed by atoms with Gasteiger partial charge in [0.1, 0.15) is 5.69 Å². The Morgan fingerprint density at radius 1 is 1.19 bits per heavy atom. The van der Waals surface area contributed by atoms with Gasteiger partial charge in [0, 0.05) is 18.1 Å². The summed E-state index contributed by atoms with van der Waals surface area (Å²) in [6, 6.07) is 7.73. The second-order valence-electron chi connectivity index (χ2n) is 3.32. The van der Waals surface area contributed by atoms with Gasteiger partial charge in [-0.2, -0.15) is 13.2 Å². The van der Waals surface area contributed by atoms with Crippen molar-refractivity contribution in [1.29, 1.82) is 0 Å². The fourth-order valence-electron chi connectivity index (χ4n) is 1.53. The predicted octanol–water partition coefficient (Wildman–Crippen LogP) is 3.30. The minimum Gasteiger partial charge on any atom is -0.388 e. The first kappa shape index (κ1) is 10.7. The third-order valence-corrected chi connectivity index (χ3v) is 2.28. The van der Waals surface area contributed by atoms with E-state index in [2.05, 4.69) is 10.3 Å². The van der Waals surface area contributed by atoms with E-state index in [1.54, 1.807) is 31.3 Å². The third-order valence-electron chi connectivity index (χ3n) is 2.28. The Labute approximate surface area is 90.1 Å². The van der Waals surface area contributed by atoms with Crippen LogP contribution in [0.1, 0.15) is 5.69 Å². The molecular weight excluding hydrogens is 217 g/mol. The number of benzene rings is 1. The van der Waals surface area contributed by atoms with Gasteiger partial charge in [-0.1, -0.05) is 18.2 Å². The van der Waals surface area contributed by atoms with E-state index in [9.17, 15) is 13.2 Å². The molecule has 2 aromatic rings. The number of nitrogens with zero attached hydrogens (tertiary/aromatic N) is 1. The van der Waals surface area contributed by atoms with Crippen molar-refractivity contribution in [1.82, 2.24) is 4.98 Å². The zero-order valence-electron chi connectivity index (χ0n) is 8.47. The maximum Gasteiger partial charge on any atom is 0.433 e. The average Bonchev–Trinajstić information content (AvgIpc) is 2.26. The van der Waals surface area contributed by atoms with Crippen molar-refractivity contribution in [2.24, 2.45) is 0 Å². The van der Waals surface area contributed by atoms with Gasteiger partial charge in [0.2, 0.25) is 0 Å². The molecule has 0 bridgehead atoms. The molecule has 0 aliphatic carbocycles. The van der Waals surface area contributed by atoms with E-state index in [4.69, 9.17) is 0 Å². The predicted molar refractivity (Wildman–Crippen MR) is 56.3 cm³/mol. The number of hydrogen-bond acceptors (Lipinski definition) is 2. The number of aromatic nitrogens is 1. The highest BCUT2D eigenvalue weighted by atomic mass is 19.4. The normalized spacial score (nSPS) is 11.8. The van der Waals surface area contributed by atoms with Crippen LogP contribution in [0.15, 0.2) is 30.3 Å². The Balaban J connectivity index is 2.73. The fraction of sp³-hybridized carbons (Fsp3) is 0.182. The van der Waals surface area contributed by atoms with Crippen LogP contribution in [-0.2, 0) is 6.18 Å². The summed E-state index contributed by atoms with van der Waals surface area (Å²) < 4.78 is 37.6. The SMILES string of the molecule is CNc1cc(C(F)(F)F)nc2ccccc12. The Morgan fingerprint density at radius 3 is 2.50 bits per heavy atom. The fourth-order valence-corrected chi connectivity index (χ4v) is 1.53. The lowest BCUT2D eigenvalue weighted by atomic mass is 10.1. The summed E-state index contributed by atoms with van der Waals surface area (Å²) in [6.07, 6.45) is -4.42. The quantitative estimate of drug-likeness (QED) is 0.807. The second-order valence-corrected chi connectivity index (χ2v) is 3.32. The summed E-state index contributed by atoms with van der Waals surface area (Å²) >= 11 is 0. The highest BCUT2D eigenvalue weighted by molar-refractivity contribution is 5.91. The largest absolute Gasteiger partial charge is 0.433 e. The number of pyridine rings is 1. The summed E-state index contributed by atoms with van der Waals surface area (Å²) in [7, 11) is 1.59. The van der Waals surface area contributed by atoms with Crippen LogP contribution in [0.3, 0.4) is 0 Å². The standard InChI is InChI=1S/C11H9F3N2/c1-15-9-6-10(11(12,13)14)16-8-5-3-2-4-7(8)9/h2-6H,1H3,(H,15,16). The Morgan fingerprint density at radius 2 is 1.88 bits per heavy atom. The van der Waals surface area contributed by atoms with E-state index in [1.807, 2.05) is 0 Å². The molecule has 0 aliphatic heterocycles. The van der Waals surface area contributed by atoms with Crippen LogP contribution in [0.4, 0.5) is 18.9 Å². The Hall–Kier alpha value is -1.78. The molecule has 5 heteroatoms. The van der Waals surface area contributed by atoms with Crippen molar-refractivity contribution in [3.8, 4) is 0 Å². The highest BCUT2D eigenvalue weighted by Crippen LogP contribution is 2.32. The maximum atomic E-state index is 12.5. The van der Waals surface area contributed by atoms with E-state index in [-0.39, 0.29) is 0 Å². The zero-order valence-corrected chi connectivity index (χ0v) is 8.47. The summed E-state index contributed by atoms with van der Waals surface area (Å²) in [5, 5.41) is 3.42. The monoisotopic (exact) mass is 226 g/mol. The van der Waals surface area contributed by atoms with Crippen LogP contribution in [0.5, 0.6) is 0 Å². The van der Waals surface area contributed by atoms with Crippen molar-refractivity contribution in [3.63, 3.8) is 0 Å². The van der Waals surface area contributed by atoms with Gasteiger partial charge in [-0.25, -0.2) is 4.98 Å². The number of anilines is 1. The molecule has 0 fully saturated rings. The minimum atomic E-state index is -4.42. The number of halogens is 3. The van der Waals surface area contributed by atoms with Crippen LogP contribution in [0.25, 0.3) is 10.9 Å². The molecule has 0 amide bonds. The molecule has 1 N–H and O–H groups in total. The molecule has 1 heterocycles. The smallest absolute Gasteiger partial charge is 0.388 e. The zero-order chi connectivity index (χ0) is 11.8. The van der Waals surface area contributed by atoms with Gasteiger partial charge in [0.05, 0.1) is 5.52 Å². The lowest BCUT2D eigenvalue weighted by molar-refractivity contribution is -0.140. The third kappa shape index (κ3) is 1.80. The Bertz CT molecular complexity index is 520. The van der Waals surface area contributed by atoms with Gasteiger partial charge >= 0.3 is 6.18 Å². The lowest BCUT2D eigenvalue weighted by Gasteiger charge is -2.10. The first-order valence-electron chi connectivity index (χ1n) is 4.67. The molecule has 0 unspecified atom stereocenters. The van der Waals surface area contributed by atoms with Crippen molar-refractivity contribution < 1.29 is 13.2 Å². The van der Waals surface area contributed by atoms with Crippen molar-refractivity contribution in [3.05, 3.63) is 36.0 Å². The molecule has 0 saturated carbocycles. The lowest BCUT2D eigenvalue weighted by Crippen LogP contribution is -2.09. The molecule has 0 saturated heterocycles. The van der Waals surface area contributed by atoms with Crippen LogP contribution in [0, 0.1) is 0 Å². The minimum absolute atomic E-state index is 0.335. The molecule has 0 aliphatic rings. The summed E-state index contributed by atoms with van der Waals surface area (Å²) in [5.41, 5.74) is -0.116. The van der Waals surface area contributed by atoms with E-state index in [0.717, 1.165) is 6.07 Å². The number of rotatable bonds is 1. The van der Waals surface area contributed by atoms with E-state index < -0.39 is 11.9 Å². The van der Waals surface area contributed by atoms with E-state index in [0.29, 0.717) is 16.6 Å². The number of hydrogen-bond donors (Lipinski definition) is 1. The van der Waals surface area contributed by atoms with Gasteiger partial charge in [0.25, 0.3) is 0 Å². The number of para-hydroxylation sites is 1. The molecule has 1 aromatic heterocycles. The van der Waals surface area contributed by atoms with Gasteiger partial charge in [-0.15, -0.1) is 0 Å². The van der Waals surface area contributed by atoms with Crippen molar-refractivity contribution in [2.75, 3.05) is 12.4 Å². The highest BCUT2D eigenvalue weighted by Gasteiger charge is 2.33. The average molecular weight is 226 g/mol. The van der Waals surface area contributed by atoms with Crippen LogP contribution < -0.4 is 5.32 Å². The molecule has 0 atom stereocenters. The van der Waals surface area contributed by atoms with Crippen molar-refractivity contribution >= 4 is 16.6 Å². The van der Waals surface area contributed by atoms with Gasteiger partial charge < -0.3 is 5.32 Å². The molecular formula is C11H9F3N2. The summed E-state index contributed by atoms with van der Waals surface area (Å²) in [6.45, 7) is 0. The molecule has 2 nitrogen and oxygen atoms in total. The molecule has 84 valence electrons. The first-order valence-corrected chi connectivity index (χ1v) is 4.67. The number of nitrogens with one attached hydrogen (secondary N) is 1. The molecule has 1 aromatic carbocycles. The van der Waals surface area contributed by atoms with Crippen LogP contribution in [-0.4, -0.2) is 12.0 Å². The van der Waals surface area contributed by atoms with Crippen LogP contribution in [0.2, 0.25) is 0 Å². The van der Waals surface area contributed by atoms with E-state index >= 15 is 0 Å². The topological polar surface area (TPSA) is 24.9 Å². The number of fused-ring (bicyclic) bond motifs is 1. The molecule has 0 spiro atoms. The van der Waals surface area contributed by atoms with E-state index in [1.165, 1.54) is 0 Å². The second kappa shape index (κ2) is 3.66. The van der Waals surface area contributed by atoms with Gasteiger partial charge in [0.15, 0.2) is 0 Å². The summed E-state index contributed by atoms with van der Waals surface area (Å²) in [4.78, 5) is 3.59. The van der Waals surface area contributed by atoms with Crippen LogP contribution >= 0.6 is 0 Å². The first-order chi connectivity index (χ1) is 7.52. The summed E-state index contributed by atoms with van der Waals surface area (Å²) in [5.74, 6) is 0. The number of alkyl halides is 3. The van der Waals surface area contributed by atoms with Crippen molar-refractivity contribution in [2.45, 2.75) is 6.18 Å².